The highest BCUT2D eigenvalue weighted by molar-refractivity contribution is 7.88. The van der Waals surface area contributed by atoms with Crippen molar-refractivity contribution in [2.24, 2.45) is 0 Å². The number of rotatable bonds is 8. The lowest BCUT2D eigenvalue weighted by atomic mass is 10.2. The van der Waals surface area contributed by atoms with Crippen molar-refractivity contribution in [3.63, 3.8) is 0 Å². The van der Waals surface area contributed by atoms with Gasteiger partial charge in [0, 0.05) is 25.7 Å². The number of halogens is 1. The second kappa shape index (κ2) is 9.00. The molecule has 0 bridgehead atoms. The molecule has 1 N–H and O–H groups in total. The van der Waals surface area contributed by atoms with Crippen LogP contribution in [0.5, 0.6) is 5.75 Å². The van der Waals surface area contributed by atoms with Crippen LogP contribution in [-0.2, 0) is 21.4 Å². The quantitative estimate of drug-likeness (QED) is 0.511. The largest absolute Gasteiger partial charge is 0.484 e. The number of carbonyl (C=O) groups excluding carboxylic acids is 1. The maximum atomic E-state index is 12.0. The van der Waals surface area contributed by atoms with E-state index in [1.807, 2.05) is 0 Å². The molecule has 0 heterocycles. The Balaban J connectivity index is 1.93. The summed E-state index contributed by atoms with van der Waals surface area (Å²) in [6.07, 6.45) is 1.12. The monoisotopic (exact) mass is 427 g/mol. The summed E-state index contributed by atoms with van der Waals surface area (Å²) in [7, 11) is -1.80. The summed E-state index contributed by atoms with van der Waals surface area (Å²) in [6.45, 7) is -0.119. The number of nitrogens with one attached hydrogen (secondary N) is 1. The van der Waals surface area contributed by atoms with Crippen molar-refractivity contribution in [2.75, 3.05) is 25.2 Å². The van der Waals surface area contributed by atoms with Gasteiger partial charge in [0.25, 0.3) is 11.6 Å². The van der Waals surface area contributed by atoms with Crippen LogP contribution in [0.2, 0.25) is 5.02 Å². The van der Waals surface area contributed by atoms with E-state index in [0.717, 1.165) is 17.9 Å². The summed E-state index contributed by atoms with van der Waals surface area (Å²) >= 11 is 5.93. The van der Waals surface area contributed by atoms with Crippen LogP contribution in [0.3, 0.4) is 0 Å². The fourth-order valence-corrected chi connectivity index (χ4v) is 2.67. The molecule has 0 saturated carbocycles. The lowest BCUT2D eigenvalue weighted by Gasteiger charge is -2.14. The standard InChI is InChI=1S/C17H18ClN3O6S/c1-20(28(2,25)26)10-12-3-6-14(7-4-12)27-11-17(22)19-16-9-13(21(23)24)5-8-15(16)18/h3-9H,10-11H2,1-2H3,(H,19,22). The van der Waals surface area contributed by atoms with Crippen LogP contribution in [-0.4, -0.2) is 43.5 Å². The first kappa shape index (κ1) is 21.6. The van der Waals surface area contributed by atoms with Crippen molar-refractivity contribution >= 4 is 38.9 Å². The molecule has 11 heteroatoms. The van der Waals surface area contributed by atoms with Gasteiger partial charge >= 0.3 is 0 Å². The van der Waals surface area contributed by atoms with Crippen molar-refractivity contribution in [1.29, 1.82) is 0 Å². The van der Waals surface area contributed by atoms with E-state index in [4.69, 9.17) is 16.3 Å². The topological polar surface area (TPSA) is 119 Å². The Kier molecular flexibility index (Phi) is 6.95. The lowest BCUT2D eigenvalue weighted by Crippen LogP contribution is -2.24. The lowest BCUT2D eigenvalue weighted by molar-refractivity contribution is -0.384. The second-order valence-electron chi connectivity index (χ2n) is 5.92. The molecule has 0 spiro atoms. The molecule has 0 aliphatic rings. The van der Waals surface area contributed by atoms with Crippen molar-refractivity contribution < 1.29 is 22.9 Å². The molecule has 150 valence electrons. The number of amides is 1. The van der Waals surface area contributed by atoms with Gasteiger partial charge in [-0.25, -0.2) is 12.7 Å². The number of hydrogen-bond donors (Lipinski definition) is 1. The number of anilines is 1. The molecule has 2 rings (SSSR count). The van der Waals surface area contributed by atoms with Crippen LogP contribution in [0, 0.1) is 10.1 Å². The summed E-state index contributed by atoms with van der Waals surface area (Å²) in [5.41, 5.74) is 0.673. The van der Waals surface area contributed by atoms with Gasteiger partial charge < -0.3 is 10.1 Å². The zero-order valence-corrected chi connectivity index (χ0v) is 16.7. The van der Waals surface area contributed by atoms with Crippen LogP contribution >= 0.6 is 11.6 Å². The number of hydrogen-bond acceptors (Lipinski definition) is 6. The van der Waals surface area contributed by atoms with E-state index >= 15 is 0 Å². The van der Waals surface area contributed by atoms with Crippen molar-refractivity contribution in [3.8, 4) is 5.75 Å². The van der Waals surface area contributed by atoms with Gasteiger partial charge in [-0.15, -0.1) is 0 Å². The molecule has 0 atom stereocenters. The Hall–Kier alpha value is -2.69. The molecular formula is C17H18ClN3O6S. The molecule has 0 aromatic heterocycles. The summed E-state index contributed by atoms with van der Waals surface area (Å²) in [5, 5.41) is 13.4. The molecule has 0 aliphatic heterocycles. The predicted octanol–water partition coefficient (Wildman–Crippen LogP) is 2.66. The normalized spacial score (nSPS) is 11.3. The number of nitrogens with zero attached hydrogens (tertiary/aromatic N) is 2. The SMILES string of the molecule is CN(Cc1ccc(OCC(=O)Nc2cc([N+](=O)[O-])ccc2Cl)cc1)S(C)(=O)=O. The Bertz CT molecular complexity index is 979. The highest BCUT2D eigenvalue weighted by Gasteiger charge is 2.13. The molecule has 0 fully saturated rings. The van der Waals surface area contributed by atoms with Gasteiger partial charge in [0.05, 0.1) is 21.9 Å². The maximum absolute atomic E-state index is 12.0. The predicted molar refractivity (Wildman–Crippen MR) is 105 cm³/mol. The maximum Gasteiger partial charge on any atom is 0.271 e. The fourth-order valence-electron chi connectivity index (χ4n) is 2.12. The minimum atomic E-state index is -3.28. The summed E-state index contributed by atoms with van der Waals surface area (Å²) in [4.78, 5) is 22.2. The van der Waals surface area contributed by atoms with E-state index < -0.39 is 20.9 Å². The van der Waals surface area contributed by atoms with Crippen LogP contribution in [0.15, 0.2) is 42.5 Å². The van der Waals surface area contributed by atoms with E-state index in [1.165, 1.54) is 23.5 Å². The van der Waals surface area contributed by atoms with Crippen molar-refractivity contribution in [1.82, 2.24) is 4.31 Å². The van der Waals surface area contributed by atoms with Gasteiger partial charge in [-0.1, -0.05) is 23.7 Å². The Labute approximate surface area is 167 Å². The fraction of sp³-hybridized carbons (Fsp3) is 0.235. The molecule has 0 radical (unpaired) electrons. The van der Waals surface area contributed by atoms with E-state index in [2.05, 4.69) is 5.32 Å². The molecule has 0 saturated heterocycles. The van der Waals surface area contributed by atoms with Crippen LogP contribution in [0.25, 0.3) is 0 Å². The first-order valence-corrected chi connectivity index (χ1v) is 10.2. The number of non-ortho nitro benzene ring substituents is 1. The third-order valence-corrected chi connectivity index (χ3v) is 5.29. The molecule has 0 aliphatic carbocycles. The minimum Gasteiger partial charge on any atom is -0.484 e. The zero-order valence-electron chi connectivity index (χ0n) is 15.1. The molecule has 28 heavy (non-hydrogen) atoms. The smallest absolute Gasteiger partial charge is 0.271 e. The van der Waals surface area contributed by atoms with E-state index in [0.29, 0.717) is 5.75 Å². The number of ether oxygens (including phenoxy) is 1. The Morgan fingerprint density at radius 2 is 1.89 bits per heavy atom. The van der Waals surface area contributed by atoms with E-state index in [-0.39, 0.29) is 29.5 Å². The molecule has 1 amide bonds. The number of carbonyl (C=O) groups is 1. The van der Waals surface area contributed by atoms with Gasteiger partial charge in [-0.05, 0) is 23.8 Å². The van der Waals surface area contributed by atoms with Crippen LogP contribution in [0.4, 0.5) is 11.4 Å². The Morgan fingerprint density at radius 3 is 2.46 bits per heavy atom. The van der Waals surface area contributed by atoms with E-state index in [1.54, 1.807) is 24.3 Å². The minimum absolute atomic E-state index is 0.114. The molecule has 2 aromatic carbocycles. The summed E-state index contributed by atoms with van der Waals surface area (Å²) in [5.74, 6) is -0.130. The zero-order chi connectivity index (χ0) is 20.9. The highest BCUT2D eigenvalue weighted by Crippen LogP contribution is 2.26. The van der Waals surface area contributed by atoms with Gasteiger partial charge in [0.15, 0.2) is 6.61 Å². The highest BCUT2D eigenvalue weighted by atomic mass is 35.5. The molecule has 2 aromatic rings. The average Bonchev–Trinajstić information content (AvgIpc) is 2.62. The summed E-state index contributed by atoms with van der Waals surface area (Å²) < 4.78 is 29.4. The van der Waals surface area contributed by atoms with Crippen molar-refractivity contribution in [3.05, 3.63) is 63.2 Å². The van der Waals surface area contributed by atoms with Crippen LogP contribution < -0.4 is 10.1 Å². The third-order valence-electron chi connectivity index (χ3n) is 3.70. The van der Waals surface area contributed by atoms with Crippen LogP contribution in [0.1, 0.15) is 5.56 Å². The van der Waals surface area contributed by atoms with Gasteiger partial charge in [-0.3, -0.25) is 14.9 Å². The number of nitro groups is 1. The van der Waals surface area contributed by atoms with Gasteiger partial charge in [0.1, 0.15) is 5.75 Å². The first-order valence-electron chi connectivity index (χ1n) is 7.93. The second-order valence-corrected chi connectivity index (χ2v) is 8.42. The summed E-state index contributed by atoms with van der Waals surface area (Å²) in [6, 6.07) is 10.3. The third kappa shape index (κ3) is 6.19. The number of sulfonamides is 1. The molecule has 0 unspecified atom stereocenters. The van der Waals surface area contributed by atoms with E-state index in [9.17, 15) is 23.3 Å². The number of nitro benzene ring substituents is 1. The number of benzene rings is 2. The molecule has 9 nitrogen and oxygen atoms in total. The Morgan fingerprint density at radius 1 is 1.25 bits per heavy atom. The van der Waals surface area contributed by atoms with Gasteiger partial charge in [0.2, 0.25) is 10.0 Å². The average molecular weight is 428 g/mol. The van der Waals surface area contributed by atoms with Gasteiger partial charge in [-0.2, -0.15) is 0 Å². The van der Waals surface area contributed by atoms with Crippen molar-refractivity contribution in [2.45, 2.75) is 6.54 Å². The molecular weight excluding hydrogens is 410 g/mol. The first-order chi connectivity index (χ1) is 13.1.